The molecule has 146 valence electrons. The van der Waals surface area contributed by atoms with Gasteiger partial charge in [0.25, 0.3) is 0 Å². The third-order valence-electron chi connectivity index (χ3n) is 4.17. The number of anilines is 1. The zero-order valence-electron chi connectivity index (χ0n) is 15.6. The van der Waals surface area contributed by atoms with E-state index < -0.39 is 0 Å². The predicted molar refractivity (Wildman–Crippen MR) is 117 cm³/mol. The SMILES string of the molecule is COc1cc(CNc2ccc(Cl)c(Cl)c2)cc(Cl)c1OCc1cccc(C)c1. The van der Waals surface area contributed by atoms with Crippen LogP contribution < -0.4 is 14.8 Å². The number of halogens is 3. The van der Waals surface area contributed by atoms with Gasteiger partial charge in [-0.25, -0.2) is 0 Å². The van der Waals surface area contributed by atoms with Gasteiger partial charge in [0.2, 0.25) is 0 Å². The van der Waals surface area contributed by atoms with Crippen LogP contribution in [0.25, 0.3) is 0 Å². The Bertz CT molecular complexity index is 976. The smallest absolute Gasteiger partial charge is 0.180 e. The third kappa shape index (κ3) is 5.26. The molecule has 0 bridgehead atoms. The number of benzene rings is 3. The van der Waals surface area contributed by atoms with Crippen molar-refractivity contribution < 1.29 is 9.47 Å². The Morgan fingerprint density at radius 2 is 1.68 bits per heavy atom. The Labute approximate surface area is 180 Å². The lowest BCUT2D eigenvalue weighted by atomic mass is 10.1. The Morgan fingerprint density at radius 3 is 2.39 bits per heavy atom. The molecule has 3 rings (SSSR count). The Kier molecular flexibility index (Phi) is 6.95. The van der Waals surface area contributed by atoms with Crippen molar-refractivity contribution in [3.8, 4) is 11.5 Å². The van der Waals surface area contributed by atoms with Crippen molar-refractivity contribution in [1.82, 2.24) is 0 Å². The van der Waals surface area contributed by atoms with Crippen molar-refractivity contribution >= 4 is 40.5 Å². The van der Waals surface area contributed by atoms with Gasteiger partial charge in [0.15, 0.2) is 11.5 Å². The van der Waals surface area contributed by atoms with Crippen LogP contribution in [0.4, 0.5) is 5.69 Å². The van der Waals surface area contributed by atoms with E-state index in [0.29, 0.717) is 39.7 Å². The van der Waals surface area contributed by atoms with Gasteiger partial charge in [-0.2, -0.15) is 0 Å². The molecule has 0 aliphatic rings. The van der Waals surface area contributed by atoms with Gasteiger partial charge in [0.1, 0.15) is 6.61 Å². The molecule has 6 heteroatoms. The first-order valence-electron chi connectivity index (χ1n) is 8.70. The monoisotopic (exact) mass is 435 g/mol. The van der Waals surface area contributed by atoms with Crippen LogP contribution in [0.3, 0.4) is 0 Å². The van der Waals surface area contributed by atoms with Crippen LogP contribution >= 0.6 is 34.8 Å². The van der Waals surface area contributed by atoms with Crippen LogP contribution in [0, 0.1) is 6.92 Å². The van der Waals surface area contributed by atoms with Gasteiger partial charge in [0, 0.05) is 12.2 Å². The minimum atomic E-state index is 0.415. The molecule has 0 atom stereocenters. The van der Waals surface area contributed by atoms with Crippen LogP contribution in [0.2, 0.25) is 15.1 Å². The van der Waals surface area contributed by atoms with E-state index in [1.165, 1.54) is 5.56 Å². The fourth-order valence-corrected chi connectivity index (χ4v) is 3.37. The molecule has 0 saturated carbocycles. The van der Waals surface area contributed by atoms with Crippen molar-refractivity contribution in [3.05, 3.63) is 86.4 Å². The average Bonchev–Trinajstić information content (AvgIpc) is 2.67. The van der Waals surface area contributed by atoms with E-state index in [9.17, 15) is 0 Å². The standard InChI is InChI=1S/C22H20Cl3NO2/c1-14-4-3-5-15(8-14)13-28-22-20(25)9-16(10-21(22)27-2)12-26-17-6-7-18(23)19(24)11-17/h3-11,26H,12-13H2,1-2H3. The van der Waals surface area contributed by atoms with E-state index in [0.717, 1.165) is 16.8 Å². The van der Waals surface area contributed by atoms with Gasteiger partial charge < -0.3 is 14.8 Å². The molecule has 1 N–H and O–H groups in total. The molecule has 0 aliphatic carbocycles. The van der Waals surface area contributed by atoms with E-state index in [-0.39, 0.29) is 0 Å². The fourth-order valence-electron chi connectivity index (χ4n) is 2.78. The first kappa shape index (κ1) is 20.7. The molecule has 3 nitrogen and oxygen atoms in total. The third-order valence-corrected chi connectivity index (χ3v) is 5.19. The van der Waals surface area contributed by atoms with Gasteiger partial charge in [-0.1, -0.05) is 64.6 Å². The summed E-state index contributed by atoms with van der Waals surface area (Å²) in [5, 5.41) is 4.81. The van der Waals surface area contributed by atoms with Crippen LogP contribution in [-0.2, 0) is 13.2 Å². The van der Waals surface area contributed by atoms with Crippen LogP contribution in [0.15, 0.2) is 54.6 Å². The summed E-state index contributed by atoms with van der Waals surface area (Å²) in [6.45, 7) is 3.01. The largest absolute Gasteiger partial charge is 0.493 e. The van der Waals surface area contributed by atoms with Crippen molar-refractivity contribution in [1.29, 1.82) is 0 Å². The van der Waals surface area contributed by atoms with Crippen molar-refractivity contribution in [3.63, 3.8) is 0 Å². The van der Waals surface area contributed by atoms with Crippen LogP contribution in [0.1, 0.15) is 16.7 Å². The number of methoxy groups -OCH3 is 1. The van der Waals surface area contributed by atoms with E-state index in [1.54, 1.807) is 19.2 Å². The highest BCUT2D eigenvalue weighted by atomic mass is 35.5. The number of hydrogen-bond donors (Lipinski definition) is 1. The second-order valence-electron chi connectivity index (χ2n) is 6.37. The summed E-state index contributed by atoms with van der Waals surface area (Å²) >= 11 is 18.5. The second kappa shape index (κ2) is 9.42. The molecule has 0 unspecified atom stereocenters. The molecule has 0 fully saturated rings. The predicted octanol–water partition coefficient (Wildman–Crippen LogP) is 7.15. The Morgan fingerprint density at radius 1 is 0.857 bits per heavy atom. The highest BCUT2D eigenvalue weighted by Crippen LogP contribution is 2.37. The number of ether oxygens (including phenoxy) is 2. The van der Waals surface area contributed by atoms with Crippen LogP contribution in [0.5, 0.6) is 11.5 Å². The number of aryl methyl sites for hydroxylation is 1. The molecule has 3 aromatic carbocycles. The summed E-state index contributed by atoms with van der Waals surface area (Å²) in [5.41, 5.74) is 4.08. The first-order valence-corrected chi connectivity index (χ1v) is 9.83. The van der Waals surface area contributed by atoms with Crippen molar-refractivity contribution in [2.45, 2.75) is 20.1 Å². The summed E-state index contributed by atoms with van der Waals surface area (Å²) in [6.07, 6.45) is 0. The molecule has 28 heavy (non-hydrogen) atoms. The molecule has 0 heterocycles. The summed E-state index contributed by atoms with van der Waals surface area (Å²) < 4.78 is 11.4. The number of hydrogen-bond acceptors (Lipinski definition) is 3. The summed E-state index contributed by atoms with van der Waals surface area (Å²) in [7, 11) is 1.60. The number of nitrogens with one attached hydrogen (secondary N) is 1. The van der Waals surface area contributed by atoms with Gasteiger partial charge in [-0.15, -0.1) is 0 Å². The minimum Gasteiger partial charge on any atom is -0.493 e. The Hall–Kier alpha value is -2.07. The first-order chi connectivity index (χ1) is 13.5. The maximum Gasteiger partial charge on any atom is 0.180 e. The molecule has 0 aromatic heterocycles. The zero-order valence-corrected chi connectivity index (χ0v) is 17.8. The van der Waals surface area contributed by atoms with Crippen molar-refractivity contribution in [2.75, 3.05) is 12.4 Å². The van der Waals surface area contributed by atoms with E-state index >= 15 is 0 Å². The molecule has 0 spiro atoms. The summed E-state index contributed by atoms with van der Waals surface area (Å²) in [4.78, 5) is 0. The van der Waals surface area contributed by atoms with Gasteiger partial charge >= 0.3 is 0 Å². The summed E-state index contributed by atoms with van der Waals surface area (Å²) in [5.74, 6) is 1.12. The molecule has 0 aliphatic heterocycles. The summed E-state index contributed by atoms with van der Waals surface area (Å²) in [6, 6.07) is 17.3. The maximum atomic E-state index is 6.47. The highest BCUT2D eigenvalue weighted by Gasteiger charge is 2.13. The normalized spacial score (nSPS) is 10.6. The Balaban J connectivity index is 1.72. The van der Waals surface area contributed by atoms with E-state index in [1.807, 2.05) is 43.3 Å². The molecule has 0 amide bonds. The molecule has 0 radical (unpaired) electrons. The van der Waals surface area contributed by atoms with Gasteiger partial charge in [-0.05, 0) is 48.4 Å². The lowest BCUT2D eigenvalue weighted by Crippen LogP contribution is -2.03. The molecule has 0 saturated heterocycles. The quantitative estimate of drug-likeness (QED) is 0.426. The second-order valence-corrected chi connectivity index (χ2v) is 7.59. The molecule has 3 aromatic rings. The minimum absolute atomic E-state index is 0.415. The van der Waals surface area contributed by atoms with Crippen molar-refractivity contribution in [2.24, 2.45) is 0 Å². The maximum absolute atomic E-state index is 6.47. The molecular formula is C22H20Cl3NO2. The lowest BCUT2D eigenvalue weighted by Gasteiger charge is -2.15. The molecular weight excluding hydrogens is 417 g/mol. The zero-order chi connectivity index (χ0) is 20.1. The average molecular weight is 437 g/mol. The van der Waals surface area contributed by atoms with E-state index in [4.69, 9.17) is 44.3 Å². The topological polar surface area (TPSA) is 30.5 Å². The highest BCUT2D eigenvalue weighted by molar-refractivity contribution is 6.42. The van der Waals surface area contributed by atoms with E-state index in [2.05, 4.69) is 11.4 Å². The van der Waals surface area contributed by atoms with Gasteiger partial charge in [0.05, 0.1) is 22.2 Å². The number of rotatable bonds is 7. The van der Waals surface area contributed by atoms with Crippen LogP contribution in [-0.4, -0.2) is 7.11 Å². The lowest BCUT2D eigenvalue weighted by molar-refractivity contribution is 0.284. The van der Waals surface area contributed by atoms with Gasteiger partial charge in [-0.3, -0.25) is 0 Å². The fraction of sp³-hybridized carbons (Fsp3) is 0.182.